The molecule has 0 spiro atoms. The molecule has 1 aliphatic heterocycles. The molecule has 1 N–H and O–H groups in total. The molecule has 178 valence electrons. The van der Waals surface area contributed by atoms with Gasteiger partial charge in [0.1, 0.15) is 11.6 Å². The molecule has 5 nitrogen and oxygen atoms in total. The number of halogens is 3. The number of rotatable bonds is 2. The average molecular weight is 462 g/mol. The third kappa shape index (κ3) is 4.06. The van der Waals surface area contributed by atoms with Crippen molar-refractivity contribution >= 4 is 5.97 Å². The van der Waals surface area contributed by atoms with Crippen LogP contribution in [0.5, 0.6) is 0 Å². The van der Waals surface area contributed by atoms with E-state index in [0.717, 1.165) is 30.7 Å². The lowest BCUT2D eigenvalue weighted by Crippen LogP contribution is -2.50. The Bertz CT molecular complexity index is 998. The van der Waals surface area contributed by atoms with Crippen LogP contribution in [0.2, 0.25) is 0 Å². The molecule has 0 amide bonds. The quantitative estimate of drug-likeness (QED) is 0.661. The predicted molar refractivity (Wildman–Crippen MR) is 116 cm³/mol. The smallest absolute Gasteiger partial charge is 0.475 e. The fourth-order valence-corrected chi connectivity index (χ4v) is 7.36. The van der Waals surface area contributed by atoms with Gasteiger partial charge in [-0.15, -0.1) is 10.2 Å². The van der Waals surface area contributed by atoms with Crippen LogP contribution >= 0.6 is 0 Å². The number of fused-ring (bicyclic) bond motifs is 1. The maximum absolute atomic E-state index is 10.6. The van der Waals surface area contributed by atoms with E-state index in [1.807, 2.05) is 0 Å². The SMILES string of the molecule is CC1(c2ccccc2)CCc2nnc(C34CC5CC(CC(C5)C3)C4)n2C1.O=C(O)C(F)(F)F. The molecule has 4 aliphatic carbocycles. The minimum Gasteiger partial charge on any atom is -0.475 e. The van der Waals surface area contributed by atoms with E-state index in [2.05, 4.69) is 46.9 Å². The molecule has 33 heavy (non-hydrogen) atoms. The van der Waals surface area contributed by atoms with Crippen molar-refractivity contribution in [2.45, 2.75) is 81.8 Å². The third-order valence-corrected chi connectivity index (χ3v) is 8.46. The van der Waals surface area contributed by atoms with Crippen LogP contribution < -0.4 is 0 Å². The highest BCUT2D eigenvalue weighted by Gasteiger charge is 2.54. The maximum atomic E-state index is 10.6. The second-order valence-corrected chi connectivity index (χ2v) is 11.0. The van der Waals surface area contributed by atoms with E-state index in [0.29, 0.717) is 5.41 Å². The minimum absolute atomic E-state index is 0.202. The second-order valence-electron chi connectivity index (χ2n) is 11.0. The van der Waals surface area contributed by atoms with Crippen molar-refractivity contribution in [3.63, 3.8) is 0 Å². The number of hydrogen-bond donors (Lipinski definition) is 1. The van der Waals surface area contributed by atoms with E-state index in [1.165, 1.54) is 62.2 Å². The van der Waals surface area contributed by atoms with Crippen LogP contribution in [0.4, 0.5) is 13.2 Å². The van der Waals surface area contributed by atoms with Gasteiger partial charge in [0.05, 0.1) is 0 Å². The molecule has 0 radical (unpaired) electrons. The summed E-state index contributed by atoms with van der Waals surface area (Å²) < 4.78 is 34.3. The van der Waals surface area contributed by atoms with Gasteiger partial charge < -0.3 is 9.67 Å². The first-order valence-electron chi connectivity index (χ1n) is 11.9. The normalized spacial score (nSPS) is 34.4. The highest BCUT2D eigenvalue weighted by molar-refractivity contribution is 5.73. The van der Waals surface area contributed by atoms with Crippen LogP contribution in [0.25, 0.3) is 0 Å². The number of benzene rings is 1. The van der Waals surface area contributed by atoms with Crippen molar-refractivity contribution in [1.82, 2.24) is 14.8 Å². The summed E-state index contributed by atoms with van der Waals surface area (Å²) in [5.41, 5.74) is 2.01. The zero-order chi connectivity index (χ0) is 23.4. The van der Waals surface area contributed by atoms with Crippen LogP contribution in [0, 0.1) is 17.8 Å². The van der Waals surface area contributed by atoms with Gasteiger partial charge in [-0.2, -0.15) is 13.2 Å². The molecular weight excluding hydrogens is 431 g/mol. The molecule has 1 atom stereocenters. The molecule has 4 bridgehead atoms. The molecule has 5 aliphatic rings. The Morgan fingerprint density at radius 2 is 1.58 bits per heavy atom. The first-order valence-corrected chi connectivity index (χ1v) is 11.9. The zero-order valence-electron chi connectivity index (χ0n) is 18.8. The Kier molecular flexibility index (Phi) is 5.33. The summed E-state index contributed by atoms with van der Waals surface area (Å²) in [5.74, 6) is 2.71. The predicted octanol–water partition coefficient (Wildman–Crippen LogP) is 5.28. The number of carbonyl (C=O) groups is 1. The molecule has 2 aromatic rings. The lowest BCUT2D eigenvalue weighted by atomic mass is 9.49. The monoisotopic (exact) mass is 461 g/mol. The Morgan fingerprint density at radius 1 is 1.03 bits per heavy atom. The molecule has 1 aromatic carbocycles. The number of aliphatic carboxylic acids is 1. The summed E-state index contributed by atoms with van der Waals surface area (Å²) >= 11 is 0. The van der Waals surface area contributed by atoms with Gasteiger partial charge in [-0.25, -0.2) is 4.79 Å². The molecular formula is C25H30F3N3O2. The Balaban J connectivity index is 0.000000287. The van der Waals surface area contributed by atoms with Gasteiger partial charge in [-0.05, 0) is 68.3 Å². The van der Waals surface area contributed by atoms with Gasteiger partial charge in [0, 0.05) is 23.8 Å². The van der Waals surface area contributed by atoms with Crippen molar-refractivity contribution in [2.24, 2.45) is 17.8 Å². The van der Waals surface area contributed by atoms with Gasteiger partial charge in [0.15, 0.2) is 0 Å². The summed E-state index contributed by atoms with van der Waals surface area (Å²) in [7, 11) is 0. The van der Waals surface area contributed by atoms with Gasteiger partial charge in [0.25, 0.3) is 0 Å². The van der Waals surface area contributed by atoms with Crippen LogP contribution in [-0.2, 0) is 28.6 Å². The number of carboxylic acid groups (broad SMARTS) is 1. The maximum Gasteiger partial charge on any atom is 0.490 e. The minimum atomic E-state index is -5.08. The number of aryl methyl sites for hydroxylation is 1. The first-order chi connectivity index (χ1) is 15.6. The highest BCUT2D eigenvalue weighted by atomic mass is 19.4. The molecule has 1 aromatic heterocycles. The van der Waals surface area contributed by atoms with Crippen molar-refractivity contribution < 1.29 is 23.1 Å². The van der Waals surface area contributed by atoms with Gasteiger partial charge in [-0.1, -0.05) is 37.3 Å². The molecule has 8 heteroatoms. The molecule has 0 saturated heterocycles. The van der Waals surface area contributed by atoms with Crippen molar-refractivity contribution in [2.75, 3.05) is 0 Å². The summed E-state index contributed by atoms with van der Waals surface area (Å²) in [6.07, 6.45) is 5.74. The lowest BCUT2D eigenvalue weighted by Gasteiger charge is -2.56. The van der Waals surface area contributed by atoms with Crippen LogP contribution in [-0.4, -0.2) is 32.0 Å². The van der Waals surface area contributed by atoms with Crippen LogP contribution in [0.15, 0.2) is 30.3 Å². The van der Waals surface area contributed by atoms with Crippen molar-refractivity contribution in [1.29, 1.82) is 0 Å². The van der Waals surface area contributed by atoms with Gasteiger partial charge in [-0.3, -0.25) is 0 Å². The molecule has 4 fully saturated rings. The fourth-order valence-electron chi connectivity index (χ4n) is 7.36. The standard InChI is InChI=1S/C23H29N3.C2HF3O2/c1-22(19-5-3-2-4-6-19)8-7-20-24-25-21(26(20)15-22)23-12-16-9-17(13-23)11-18(10-16)14-23;3-2(4,5)1(6)7/h2-6,16-18H,7-15H2,1H3;(H,6,7). The summed E-state index contributed by atoms with van der Waals surface area (Å²) in [6.45, 7) is 3.49. The fraction of sp³-hybridized carbons (Fsp3) is 0.640. The summed E-state index contributed by atoms with van der Waals surface area (Å²) in [6, 6.07) is 11.1. The Labute approximate surface area is 191 Å². The number of carboxylic acids is 1. The third-order valence-electron chi connectivity index (χ3n) is 8.46. The highest BCUT2D eigenvalue weighted by Crippen LogP contribution is 2.60. The van der Waals surface area contributed by atoms with E-state index in [9.17, 15) is 13.2 Å². The van der Waals surface area contributed by atoms with E-state index < -0.39 is 12.1 Å². The molecule has 2 heterocycles. The molecule has 1 unspecified atom stereocenters. The first kappa shape index (κ1) is 22.4. The topological polar surface area (TPSA) is 68.0 Å². The lowest BCUT2D eigenvalue weighted by molar-refractivity contribution is -0.192. The van der Waals surface area contributed by atoms with Crippen molar-refractivity contribution in [3.05, 3.63) is 47.5 Å². The summed E-state index contributed by atoms with van der Waals surface area (Å²) in [4.78, 5) is 8.90. The van der Waals surface area contributed by atoms with Crippen LogP contribution in [0.1, 0.15) is 69.1 Å². The molecule has 7 rings (SSSR count). The van der Waals surface area contributed by atoms with E-state index in [1.54, 1.807) is 0 Å². The average Bonchev–Trinajstić information content (AvgIpc) is 3.17. The number of aromatic nitrogens is 3. The van der Waals surface area contributed by atoms with E-state index in [4.69, 9.17) is 15.0 Å². The zero-order valence-corrected chi connectivity index (χ0v) is 18.8. The van der Waals surface area contributed by atoms with Crippen molar-refractivity contribution in [3.8, 4) is 0 Å². The van der Waals surface area contributed by atoms with Gasteiger partial charge >= 0.3 is 12.1 Å². The number of alkyl halides is 3. The second kappa shape index (κ2) is 7.84. The van der Waals surface area contributed by atoms with Gasteiger partial charge in [0.2, 0.25) is 0 Å². The largest absolute Gasteiger partial charge is 0.490 e. The van der Waals surface area contributed by atoms with E-state index >= 15 is 0 Å². The van der Waals surface area contributed by atoms with Crippen LogP contribution in [0.3, 0.4) is 0 Å². The van der Waals surface area contributed by atoms with E-state index in [-0.39, 0.29) is 5.41 Å². The Hall–Kier alpha value is -2.38. The summed E-state index contributed by atoms with van der Waals surface area (Å²) in [5, 5.41) is 16.7. The Morgan fingerprint density at radius 3 is 2.09 bits per heavy atom. The number of nitrogens with zero attached hydrogens (tertiary/aromatic N) is 3. The number of hydrogen-bond acceptors (Lipinski definition) is 3. The molecule has 4 saturated carbocycles.